The Labute approximate surface area is 107 Å². The lowest BCUT2D eigenvalue weighted by Gasteiger charge is -2.54. The van der Waals surface area contributed by atoms with E-state index in [0.717, 1.165) is 0 Å². The van der Waals surface area contributed by atoms with Gasteiger partial charge < -0.3 is 15.2 Å². The highest BCUT2D eigenvalue weighted by atomic mass is 35.5. The van der Waals surface area contributed by atoms with Gasteiger partial charge in [-0.2, -0.15) is 0 Å². The highest BCUT2D eigenvalue weighted by Crippen LogP contribution is 2.31. The average Bonchev–Trinajstić information content (AvgIpc) is 2.24. The fraction of sp³-hybridized carbons (Fsp3) is 0.538. The van der Waals surface area contributed by atoms with E-state index in [4.69, 9.17) is 16.3 Å². The molecule has 0 spiro atoms. The molecule has 2 atom stereocenters. The van der Waals surface area contributed by atoms with Crippen LogP contribution in [0.1, 0.15) is 26.3 Å². The van der Waals surface area contributed by atoms with E-state index in [1.807, 2.05) is 20.8 Å². The number of morpholine rings is 1. The molecule has 1 aliphatic heterocycles. The zero-order valence-electron chi connectivity index (χ0n) is 10.3. The van der Waals surface area contributed by atoms with Gasteiger partial charge in [0.1, 0.15) is 0 Å². The first kappa shape index (κ1) is 12.8. The minimum atomic E-state index is -1.57. The summed E-state index contributed by atoms with van der Waals surface area (Å²) in [5.41, 5.74) is 0.395. The summed E-state index contributed by atoms with van der Waals surface area (Å²) >= 11 is 5.91. The first-order chi connectivity index (χ1) is 7.83. The van der Waals surface area contributed by atoms with Crippen molar-refractivity contribution in [3.63, 3.8) is 0 Å². The lowest BCUT2D eigenvalue weighted by Crippen LogP contribution is -2.68. The SMILES string of the molecule is CC1NC(C)(C)COC1([O-])c1cccc(Cl)c1. The molecule has 1 saturated heterocycles. The summed E-state index contributed by atoms with van der Waals surface area (Å²) in [6.07, 6.45) is 0. The van der Waals surface area contributed by atoms with Gasteiger partial charge in [0.05, 0.1) is 6.61 Å². The number of ether oxygens (including phenoxy) is 1. The molecule has 2 rings (SSSR count). The van der Waals surface area contributed by atoms with Crippen molar-refractivity contribution in [2.75, 3.05) is 6.61 Å². The Hall–Kier alpha value is -0.610. The predicted octanol–water partition coefficient (Wildman–Crippen LogP) is 1.64. The minimum absolute atomic E-state index is 0.175. The molecule has 0 aromatic heterocycles. The molecule has 0 bridgehead atoms. The molecule has 0 amide bonds. The molecule has 0 radical (unpaired) electrons. The van der Waals surface area contributed by atoms with Gasteiger partial charge in [-0.05, 0) is 38.5 Å². The van der Waals surface area contributed by atoms with E-state index in [0.29, 0.717) is 17.2 Å². The second kappa shape index (κ2) is 4.25. The summed E-state index contributed by atoms with van der Waals surface area (Å²) in [7, 11) is 0. The molecule has 4 heteroatoms. The van der Waals surface area contributed by atoms with Gasteiger partial charge in [-0.25, -0.2) is 0 Å². The third-order valence-corrected chi connectivity index (χ3v) is 3.29. The Morgan fingerprint density at radius 3 is 2.76 bits per heavy atom. The van der Waals surface area contributed by atoms with Crippen molar-refractivity contribution in [1.29, 1.82) is 0 Å². The minimum Gasteiger partial charge on any atom is -0.824 e. The number of hydrogen-bond acceptors (Lipinski definition) is 3. The van der Waals surface area contributed by atoms with E-state index in [-0.39, 0.29) is 11.6 Å². The number of rotatable bonds is 1. The van der Waals surface area contributed by atoms with Crippen LogP contribution >= 0.6 is 11.6 Å². The van der Waals surface area contributed by atoms with Gasteiger partial charge in [0, 0.05) is 22.4 Å². The number of nitrogens with one attached hydrogen (secondary N) is 1. The molecule has 2 unspecified atom stereocenters. The van der Waals surface area contributed by atoms with Gasteiger partial charge >= 0.3 is 0 Å². The Balaban J connectivity index is 2.31. The highest BCUT2D eigenvalue weighted by molar-refractivity contribution is 6.30. The van der Waals surface area contributed by atoms with Crippen LogP contribution in [0.2, 0.25) is 5.02 Å². The molecule has 1 fully saturated rings. The summed E-state index contributed by atoms with van der Waals surface area (Å²) in [6.45, 7) is 6.25. The summed E-state index contributed by atoms with van der Waals surface area (Å²) in [5, 5.41) is 16.6. The number of halogens is 1. The molecule has 0 saturated carbocycles. The largest absolute Gasteiger partial charge is 0.824 e. The van der Waals surface area contributed by atoms with E-state index >= 15 is 0 Å². The molecule has 0 aliphatic carbocycles. The molecule has 1 heterocycles. The van der Waals surface area contributed by atoms with Gasteiger partial charge in [0.25, 0.3) is 0 Å². The Morgan fingerprint density at radius 1 is 1.47 bits per heavy atom. The maximum Gasteiger partial charge on any atom is 0.0637 e. The smallest absolute Gasteiger partial charge is 0.0637 e. The van der Waals surface area contributed by atoms with E-state index in [1.165, 1.54) is 0 Å². The van der Waals surface area contributed by atoms with Crippen molar-refractivity contribution in [3.05, 3.63) is 34.9 Å². The van der Waals surface area contributed by atoms with E-state index < -0.39 is 5.79 Å². The summed E-state index contributed by atoms with van der Waals surface area (Å²) in [6, 6.07) is 6.64. The molecular formula is C13H17ClNO2-. The molecule has 1 N–H and O–H groups in total. The second-order valence-electron chi connectivity index (χ2n) is 5.22. The van der Waals surface area contributed by atoms with Crippen molar-refractivity contribution >= 4 is 11.6 Å². The molecule has 94 valence electrons. The molecule has 1 aliphatic rings. The Bertz CT molecular complexity index is 422. The van der Waals surface area contributed by atoms with Gasteiger partial charge in [0.15, 0.2) is 0 Å². The van der Waals surface area contributed by atoms with Crippen LogP contribution in [0.4, 0.5) is 0 Å². The van der Waals surface area contributed by atoms with Crippen molar-refractivity contribution in [2.45, 2.75) is 38.1 Å². The first-order valence-electron chi connectivity index (χ1n) is 5.72. The summed E-state index contributed by atoms with van der Waals surface area (Å²) < 4.78 is 5.56. The van der Waals surface area contributed by atoms with Crippen LogP contribution in [0, 0.1) is 0 Å². The molecule has 17 heavy (non-hydrogen) atoms. The third-order valence-electron chi connectivity index (χ3n) is 3.05. The maximum atomic E-state index is 12.8. The third kappa shape index (κ3) is 2.47. The van der Waals surface area contributed by atoms with Crippen LogP contribution < -0.4 is 10.4 Å². The van der Waals surface area contributed by atoms with Crippen LogP contribution in [-0.4, -0.2) is 18.2 Å². The van der Waals surface area contributed by atoms with Crippen molar-refractivity contribution in [2.24, 2.45) is 0 Å². The van der Waals surface area contributed by atoms with Crippen LogP contribution in [0.5, 0.6) is 0 Å². The molecule has 1 aromatic carbocycles. The van der Waals surface area contributed by atoms with Crippen molar-refractivity contribution in [3.8, 4) is 0 Å². The van der Waals surface area contributed by atoms with E-state index in [2.05, 4.69) is 5.32 Å². The van der Waals surface area contributed by atoms with Crippen LogP contribution in [0.15, 0.2) is 24.3 Å². The lowest BCUT2D eigenvalue weighted by molar-refractivity contribution is -0.583. The van der Waals surface area contributed by atoms with Crippen LogP contribution in [0.25, 0.3) is 0 Å². The maximum absolute atomic E-state index is 12.8. The van der Waals surface area contributed by atoms with Crippen LogP contribution in [-0.2, 0) is 10.5 Å². The number of hydrogen-bond donors (Lipinski definition) is 1. The first-order valence-corrected chi connectivity index (χ1v) is 6.09. The second-order valence-corrected chi connectivity index (χ2v) is 5.65. The van der Waals surface area contributed by atoms with Gasteiger partial charge in [-0.3, -0.25) is 0 Å². The Morgan fingerprint density at radius 2 is 2.18 bits per heavy atom. The monoisotopic (exact) mass is 254 g/mol. The standard InChI is InChI=1S/C13H17ClNO2/c1-9-13(16,17-8-12(2,3)15-9)10-5-4-6-11(14)7-10/h4-7,9,15H,8H2,1-3H3/q-1. The molecule has 1 aromatic rings. The van der Waals surface area contributed by atoms with E-state index in [1.54, 1.807) is 24.3 Å². The van der Waals surface area contributed by atoms with Gasteiger partial charge in [-0.15, -0.1) is 0 Å². The lowest BCUT2D eigenvalue weighted by atomic mass is 9.93. The zero-order valence-corrected chi connectivity index (χ0v) is 11.0. The molecular weight excluding hydrogens is 238 g/mol. The quantitative estimate of drug-likeness (QED) is 0.829. The van der Waals surface area contributed by atoms with Gasteiger partial charge in [-0.1, -0.05) is 23.7 Å². The van der Waals surface area contributed by atoms with Crippen LogP contribution in [0.3, 0.4) is 0 Å². The summed E-state index contributed by atoms with van der Waals surface area (Å²) in [5.74, 6) is -1.57. The number of benzene rings is 1. The van der Waals surface area contributed by atoms with E-state index in [9.17, 15) is 5.11 Å². The normalized spacial score (nSPS) is 32.4. The molecule has 3 nitrogen and oxygen atoms in total. The fourth-order valence-electron chi connectivity index (χ4n) is 2.17. The van der Waals surface area contributed by atoms with Gasteiger partial charge in [0.2, 0.25) is 0 Å². The highest BCUT2D eigenvalue weighted by Gasteiger charge is 2.37. The van der Waals surface area contributed by atoms with Crippen molar-refractivity contribution < 1.29 is 9.84 Å². The zero-order chi connectivity index (χ0) is 12.7. The Kier molecular flexibility index (Phi) is 3.21. The van der Waals surface area contributed by atoms with Crippen molar-refractivity contribution in [1.82, 2.24) is 5.32 Å². The predicted molar refractivity (Wildman–Crippen MR) is 65.8 cm³/mol. The average molecular weight is 255 g/mol. The fourth-order valence-corrected chi connectivity index (χ4v) is 2.36. The summed E-state index contributed by atoms with van der Waals surface area (Å²) in [4.78, 5) is 0. The topological polar surface area (TPSA) is 44.3 Å².